The van der Waals surface area contributed by atoms with E-state index >= 15 is 0 Å². The van der Waals surface area contributed by atoms with Crippen molar-refractivity contribution in [2.24, 2.45) is 52.3 Å². The van der Waals surface area contributed by atoms with Crippen molar-refractivity contribution in [2.75, 3.05) is 6.61 Å². The van der Waals surface area contributed by atoms with Gasteiger partial charge in [0.25, 0.3) is 0 Å². The van der Waals surface area contributed by atoms with Crippen LogP contribution in [0.25, 0.3) is 0 Å². The lowest BCUT2D eigenvalue weighted by atomic mass is 9.42. The number of hydrogen-bond donors (Lipinski definition) is 6. The summed E-state index contributed by atoms with van der Waals surface area (Å²) in [7, 11) is 0. The third-order valence-corrected chi connectivity index (χ3v) is 11.7. The van der Waals surface area contributed by atoms with Crippen LogP contribution in [-0.2, 0) is 0 Å². The second kappa shape index (κ2) is 8.14. The van der Waals surface area contributed by atoms with Crippen molar-refractivity contribution in [3.05, 3.63) is 0 Å². The topological polar surface area (TPSA) is 121 Å². The van der Waals surface area contributed by atoms with E-state index in [9.17, 15) is 30.6 Å². The molecule has 6 heteroatoms. The minimum atomic E-state index is -1.21. The molecule has 14 atom stereocenters. The molecule has 5 fully saturated rings. The SMILES string of the molecule is C[C@H](CC[C@@H]1C[C@H]1CO)[C@H]1[C@@H](O)[C@H](O)[C@@H]2[C@]1(C)CC[C@@H]1[C@@]3(C)CC[C@H](O)C[C@@H]3[C@@H](O)C[C@]12O. The van der Waals surface area contributed by atoms with Crippen LogP contribution >= 0.6 is 0 Å². The molecular formula is C27H46O6. The minimum absolute atomic E-state index is 0.0351. The Balaban J connectivity index is 1.42. The Hall–Kier alpha value is -0.240. The van der Waals surface area contributed by atoms with Crippen molar-refractivity contribution in [1.82, 2.24) is 0 Å². The van der Waals surface area contributed by atoms with Crippen molar-refractivity contribution in [3.8, 4) is 0 Å². The zero-order valence-electron chi connectivity index (χ0n) is 20.6. The first-order valence-electron chi connectivity index (χ1n) is 13.5. The van der Waals surface area contributed by atoms with Crippen LogP contribution in [0, 0.1) is 52.3 Å². The highest BCUT2D eigenvalue weighted by molar-refractivity contribution is 5.21. The van der Waals surface area contributed by atoms with Crippen molar-refractivity contribution < 1.29 is 30.6 Å². The van der Waals surface area contributed by atoms with Gasteiger partial charge in [0.15, 0.2) is 0 Å². The molecule has 0 unspecified atom stereocenters. The predicted octanol–water partition coefficient (Wildman–Crippen LogP) is 2.08. The van der Waals surface area contributed by atoms with Crippen molar-refractivity contribution in [1.29, 1.82) is 0 Å². The van der Waals surface area contributed by atoms with E-state index in [1.165, 1.54) is 0 Å². The molecule has 0 aromatic rings. The third-order valence-electron chi connectivity index (χ3n) is 11.7. The maximum atomic E-state index is 12.3. The van der Waals surface area contributed by atoms with Gasteiger partial charge in [-0.1, -0.05) is 27.2 Å². The van der Waals surface area contributed by atoms with Gasteiger partial charge in [-0.2, -0.15) is 0 Å². The number of aliphatic hydroxyl groups is 6. The molecular weight excluding hydrogens is 420 g/mol. The highest BCUT2D eigenvalue weighted by atomic mass is 16.3. The average molecular weight is 467 g/mol. The second-order valence-electron chi connectivity index (χ2n) is 13.4. The summed E-state index contributed by atoms with van der Waals surface area (Å²) in [5, 5.41) is 65.9. The molecule has 0 amide bonds. The van der Waals surface area contributed by atoms with Gasteiger partial charge in [-0.15, -0.1) is 0 Å². The van der Waals surface area contributed by atoms with Gasteiger partial charge in [-0.05, 0) is 91.3 Å². The smallest absolute Gasteiger partial charge is 0.0863 e. The average Bonchev–Trinajstić information content (AvgIpc) is 3.47. The van der Waals surface area contributed by atoms with E-state index < -0.39 is 35.9 Å². The van der Waals surface area contributed by atoms with Gasteiger partial charge >= 0.3 is 0 Å². The summed E-state index contributed by atoms with van der Waals surface area (Å²) in [6.07, 6.45) is 4.07. The number of hydrogen-bond acceptors (Lipinski definition) is 6. The molecule has 5 aliphatic rings. The molecule has 5 rings (SSSR count). The Kier molecular flexibility index (Phi) is 6.03. The molecule has 0 saturated heterocycles. The largest absolute Gasteiger partial charge is 0.396 e. The van der Waals surface area contributed by atoms with Gasteiger partial charge in [0, 0.05) is 18.9 Å². The van der Waals surface area contributed by atoms with Crippen molar-refractivity contribution >= 4 is 0 Å². The molecule has 0 heterocycles. The van der Waals surface area contributed by atoms with Crippen LogP contribution in [0.2, 0.25) is 0 Å². The van der Waals surface area contributed by atoms with E-state index in [1.807, 2.05) is 0 Å². The minimum Gasteiger partial charge on any atom is -0.396 e. The maximum absolute atomic E-state index is 12.3. The van der Waals surface area contributed by atoms with Gasteiger partial charge in [0.1, 0.15) is 0 Å². The first-order chi connectivity index (χ1) is 15.5. The van der Waals surface area contributed by atoms with Crippen molar-refractivity contribution in [3.63, 3.8) is 0 Å². The van der Waals surface area contributed by atoms with Crippen LogP contribution in [0.15, 0.2) is 0 Å². The third kappa shape index (κ3) is 3.49. The Morgan fingerprint density at radius 3 is 2.27 bits per heavy atom. The van der Waals surface area contributed by atoms with Crippen LogP contribution in [0.1, 0.15) is 78.6 Å². The van der Waals surface area contributed by atoms with Crippen LogP contribution < -0.4 is 0 Å². The first-order valence-corrected chi connectivity index (χ1v) is 13.5. The fourth-order valence-corrected chi connectivity index (χ4v) is 10.1. The predicted molar refractivity (Wildman–Crippen MR) is 124 cm³/mol. The van der Waals surface area contributed by atoms with Crippen LogP contribution in [0.5, 0.6) is 0 Å². The molecule has 0 aromatic heterocycles. The number of fused-ring (bicyclic) bond motifs is 5. The fraction of sp³-hybridized carbons (Fsp3) is 1.00. The Morgan fingerprint density at radius 1 is 0.909 bits per heavy atom. The fourth-order valence-electron chi connectivity index (χ4n) is 10.1. The molecule has 6 nitrogen and oxygen atoms in total. The maximum Gasteiger partial charge on any atom is 0.0863 e. The Bertz CT molecular complexity index is 746. The number of rotatable bonds is 5. The van der Waals surface area contributed by atoms with Crippen molar-refractivity contribution in [2.45, 2.75) is 109 Å². The van der Waals surface area contributed by atoms with Gasteiger partial charge in [0.2, 0.25) is 0 Å². The van der Waals surface area contributed by atoms with E-state index in [0.29, 0.717) is 24.7 Å². The van der Waals surface area contributed by atoms with Crippen LogP contribution in [-0.4, -0.2) is 67.3 Å². The number of aliphatic hydroxyl groups excluding tert-OH is 5. The molecule has 0 bridgehead atoms. The van der Waals surface area contributed by atoms with Gasteiger partial charge in [-0.25, -0.2) is 0 Å². The quantitative estimate of drug-likeness (QED) is 0.369. The second-order valence-corrected chi connectivity index (χ2v) is 13.4. The van der Waals surface area contributed by atoms with E-state index in [2.05, 4.69) is 20.8 Å². The van der Waals surface area contributed by atoms with E-state index in [4.69, 9.17) is 0 Å². The van der Waals surface area contributed by atoms with Crippen LogP contribution in [0.4, 0.5) is 0 Å². The Labute approximate surface area is 198 Å². The molecule has 6 N–H and O–H groups in total. The van der Waals surface area contributed by atoms with Gasteiger partial charge < -0.3 is 30.6 Å². The lowest BCUT2D eigenvalue weighted by Crippen LogP contribution is -2.68. The lowest BCUT2D eigenvalue weighted by molar-refractivity contribution is -0.264. The summed E-state index contributed by atoms with van der Waals surface area (Å²) in [5.74, 6) is 0.593. The monoisotopic (exact) mass is 466 g/mol. The zero-order chi connectivity index (χ0) is 23.9. The summed E-state index contributed by atoms with van der Waals surface area (Å²) in [4.78, 5) is 0. The summed E-state index contributed by atoms with van der Waals surface area (Å²) in [6, 6.07) is 0. The summed E-state index contributed by atoms with van der Waals surface area (Å²) in [5.41, 5.74) is -1.87. The molecule has 33 heavy (non-hydrogen) atoms. The molecule has 0 spiro atoms. The molecule has 5 saturated carbocycles. The highest BCUT2D eigenvalue weighted by Crippen LogP contribution is 2.69. The molecule has 0 aliphatic heterocycles. The summed E-state index contributed by atoms with van der Waals surface area (Å²) >= 11 is 0. The standard InChI is InChI=1S/C27H46O6/c1-14(4-5-15-10-16(15)13-28)21-22(31)23(32)24-26(21,3)9-7-20-25(2)8-6-17(29)11-18(25)19(30)12-27(20,24)33/h14-24,28-33H,4-13H2,1-3H3/t14-,15-,16+,17+,18-,19+,20-,21+,22-,23+,24-,25+,26-,27+/m1/s1. The molecule has 0 aromatic carbocycles. The van der Waals surface area contributed by atoms with E-state index in [0.717, 1.165) is 38.5 Å². The van der Waals surface area contributed by atoms with Gasteiger partial charge in [-0.3, -0.25) is 0 Å². The summed E-state index contributed by atoms with van der Waals surface area (Å²) in [6.45, 7) is 6.77. The molecule has 0 radical (unpaired) electrons. The highest BCUT2D eigenvalue weighted by Gasteiger charge is 2.72. The molecule has 190 valence electrons. The molecule has 5 aliphatic carbocycles. The summed E-state index contributed by atoms with van der Waals surface area (Å²) < 4.78 is 0. The zero-order valence-corrected chi connectivity index (χ0v) is 20.6. The van der Waals surface area contributed by atoms with E-state index in [-0.39, 0.29) is 47.5 Å². The normalized spacial score (nSPS) is 58.8. The lowest BCUT2D eigenvalue weighted by Gasteiger charge is -2.65. The first kappa shape index (κ1) is 24.5. The Morgan fingerprint density at radius 2 is 1.61 bits per heavy atom. The van der Waals surface area contributed by atoms with E-state index in [1.54, 1.807) is 0 Å². The van der Waals surface area contributed by atoms with Gasteiger partial charge in [0.05, 0.1) is 30.0 Å². The van der Waals surface area contributed by atoms with Crippen LogP contribution in [0.3, 0.4) is 0 Å².